The third-order valence-corrected chi connectivity index (χ3v) is 18.1. The lowest BCUT2D eigenvalue weighted by Gasteiger charge is -2.58. The summed E-state index contributed by atoms with van der Waals surface area (Å²) in [5.41, 5.74) is 3.35. The minimum Gasteiger partial charge on any atom is -0.496 e. The van der Waals surface area contributed by atoms with E-state index < -0.39 is 49.3 Å². The van der Waals surface area contributed by atoms with Crippen LogP contribution >= 0.6 is 0 Å². The molecule has 2 aromatic heterocycles. The number of hydrogen-bond acceptors (Lipinski definition) is 13. The van der Waals surface area contributed by atoms with Gasteiger partial charge < -0.3 is 29.8 Å². The second-order valence-electron chi connectivity index (χ2n) is 22.4. The highest BCUT2D eigenvalue weighted by Gasteiger charge is 2.50. The van der Waals surface area contributed by atoms with Gasteiger partial charge in [0.05, 0.1) is 45.2 Å². The van der Waals surface area contributed by atoms with Crippen LogP contribution in [0.1, 0.15) is 123 Å². The second kappa shape index (κ2) is 22.2. The predicted molar refractivity (Wildman–Crippen MR) is 291 cm³/mol. The summed E-state index contributed by atoms with van der Waals surface area (Å²) >= 11 is 0. The van der Waals surface area contributed by atoms with Crippen LogP contribution in [0.2, 0.25) is 0 Å². The summed E-state index contributed by atoms with van der Waals surface area (Å²) in [6.45, 7) is 11.1. The van der Waals surface area contributed by atoms with Gasteiger partial charge in [0.2, 0.25) is 0 Å². The number of H-pyrrole nitrogens is 1. The number of pyridine rings is 1. The van der Waals surface area contributed by atoms with Gasteiger partial charge in [-0.25, -0.2) is 31.3 Å². The summed E-state index contributed by atoms with van der Waals surface area (Å²) in [7, 11) is -3.25. The van der Waals surface area contributed by atoms with Gasteiger partial charge in [0.25, 0.3) is 28.0 Å². The lowest BCUT2D eigenvalue weighted by Crippen LogP contribution is -2.60. The van der Waals surface area contributed by atoms with Crippen LogP contribution in [0.4, 0.5) is 30.2 Å². The number of piperazine rings is 1. The van der Waals surface area contributed by atoms with E-state index in [1.165, 1.54) is 61.0 Å². The second-order valence-corrected chi connectivity index (χ2v) is 24.1. The van der Waals surface area contributed by atoms with E-state index in [1.54, 1.807) is 31.2 Å². The van der Waals surface area contributed by atoms with Crippen LogP contribution in [0.3, 0.4) is 0 Å². The molecule has 78 heavy (non-hydrogen) atoms. The number of aliphatic hydroxyl groups is 1. The Balaban J connectivity index is 0.837. The van der Waals surface area contributed by atoms with Gasteiger partial charge >= 0.3 is 0 Å². The Labute approximate surface area is 452 Å². The molecule has 16 nitrogen and oxygen atoms in total. The molecular weight excluding hydrogens is 1030 g/mol. The molecule has 1 atom stereocenters. The summed E-state index contributed by atoms with van der Waals surface area (Å²) in [6, 6.07) is 23.9. The zero-order valence-electron chi connectivity index (χ0n) is 44.3. The van der Waals surface area contributed by atoms with Gasteiger partial charge in [0, 0.05) is 81.9 Å². The molecule has 1 spiro atoms. The van der Waals surface area contributed by atoms with Crippen LogP contribution in [0.25, 0.3) is 11.0 Å². The first kappa shape index (κ1) is 54.6. The number of carbonyl (C=O) groups is 1. The Morgan fingerprint density at radius 1 is 0.949 bits per heavy atom. The molecule has 20 heteroatoms. The average molecular weight is 1090 g/mol. The molecule has 4 fully saturated rings. The van der Waals surface area contributed by atoms with Crippen molar-refractivity contribution in [1.29, 1.82) is 0 Å². The van der Waals surface area contributed by atoms with E-state index in [0.29, 0.717) is 51.0 Å². The van der Waals surface area contributed by atoms with Crippen LogP contribution in [0.5, 0.6) is 17.2 Å². The van der Waals surface area contributed by atoms with Crippen molar-refractivity contribution in [2.75, 3.05) is 56.6 Å². The Morgan fingerprint density at radius 3 is 2.42 bits per heavy atom. The number of methoxy groups -OCH3 is 1. The molecule has 4 aromatic carbocycles. The number of aromatic amines is 1. The van der Waals surface area contributed by atoms with Gasteiger partial charge in [0.15, 0.2) is 0 Å². The maximum absolute atomic E-state index is 14.7. The van der Waals surface area contributed by atoms with Crippen molar-refractivity contribution in [2.24, 2.45) is 11.3 Å². The van der Waals surface area contributed by atoms with Crippen molar-refractivity contribution >= 4 is 44.0 Å². The third kappa shape index (κ3) is 11.7. The number of anilines is 2. The first-order valence-electron chi connectivity index (χ1n) is 26.8. The first-order chi connectivity index (χ1) is 37.3. The zero-order valence-corrected chi connectivity index (χ0v) is 45.1. The van der Waals surface area contributed by atoms with Crippen molar-refractivity contribution in [1.82, 2.24) is 24.5 Å². The molecule has 10 rings (SSSR count). The van der Waals surface area contributed by atoms with E-state index in [9.17, 15) is 41.6 Å². The first-order valence-corrected chi connectivity index (χ1v) is 28.3. The molecule has 6 aromatic rings. The number of nitro benzene ring substituents is 1. The van der Waals surface area contributed by atoms with Crippen molar-refractivity contribution in [2.45, 2.75) is 114 Å². The van der Waals surface area contributed by atoms with E-state index in [4.69, 9.17) is 9.47 Å². The molecule has 4 heterocycles. The van der Waals surface area contributed by atoms with Crippen molar-refractivity contribution < 1.29 is 45.9 Å². The molecule has 2 saturated heterocycles. The minimum absolute atomic E-state index is 0.00721. The number of fused-ring (bicyclic) bond motifs is 1. The third-order valence-electron chi connectivity index (χ3n) is 16.8. The molecule has 4 N–H and O–H groups in total. The van der Waals surface area contributed by atoms with Gasteiger partial charge in [-0.15, -0.1) is 0 Å². The Bertz CT molecular complexity index is 3290. The number of sulfonamides is 1. The molecule has 0 radical (unpaired) electrons. The topological polar surface area (TPSA) is 195 Å². The number of hydrogen-bond donors (Lipinski definition) is 4. The molecule has 2 saturated carbocycles. The van der Waals surface area contributed by atoms with Gasteiger partial charge in [0.1, 0.15) is 34.4 Å². The van der Waals surface area contributed by atoms with Crippen molar-refractivity contribution in [3.05, 3.63) is 141 Å². The number of benzene rings is 4. The fourth-order valence-corrected chi connectivity index (χ4v) is 13.2. The van der Waals surface area contributed by atoms with E-state index in [-0.39, 0.29) is 62.5 Å². The smallest absolute Gasteiger partial charge is 0.293 e. The minimum atomic E-state index is -4.67. The number of nitrogens with zero attached hydrogens (tertiary/aromatic N) is 5. The zero-order chi connectivity index (χ0) is 55.1. The molecular formula is C58H67F3N8O8S. The van der Waals surface area contributed by atoms with Gasteiger partial charge in [-0.1, -0.05) is 44.2 Å². The van der Waals surface area contributed by atoms with Crippen molar-refractivity contribution in [3.63, 3.8) is 0 Å². The molecule has 2 aliphatic carbocycles. The molecule has 1 amide bonds. The SMILES string of the molecule is COc1cc(CN2CCN(C3CC4(CCN(c5ccc(C(=O)NS(=O)(=O)c6ccc(NCC7CCC(C)(O)CC7)c([N+](=O)[O-])c6)c(Oc6cnc7[nH]cc(F)c7c6)c5)CC4)C3)[C@H](c3ccccc3C(C)C)C2)ccc1C(F)F. The number of aromatic nitrogens is 2. The highest BCUT2D eigenvalue weighted by atomic mass is 32.2. The van der Waals surface area contributed by atoms with Crippen LogP contribution in [0.15, 0.2) is 102 Å². The number of alkyl halides is 2. The van der Waals surface area contributed by atoms with E-state index in [1.807, 2.05) is 0 Å². The van der Waals surface area contributed by atoms with Crippen LogP contribution < -0.4 is 24.4 Å². The lowest BCUT2D eigenvalue weighted by atomic mass is 9.59. The molecule has 4 aliphatic rings. The Kier molecular flexibility index (Phi) is 15.5. The standard InChI is InChI=1S/C58H67F3N8O8S/c1-36(2)43-7-5-6-8-44(43)51-35-66(34-38-9-12-45(54(60)61)52(25-38)76-4)23-24-68(51)40-29-58(30-40)19-21-67(22-20-58)39-10-13-46(53(26-39)77-41-27-47-48(59)33-64-55(47)63-32-41)56(70)65-78(74,75)42-11-14-49(50(28-42)69(72)73)62-31-37-15-17-57(3,71)18-16-37/h5-14,25-28,32-33,36-37,40,51,54,62,71H,15-24,29-31,34-35H2,1-4H3,(H,63,64)(H,65,70)/t37?,51-,57?/m0/s1. The Hall–Kier alpha value is -6.74. The summed E-state index contributed by atoms with van der Waals surface area (Å²) in [5, 5.41) is 25.8. The van der Waals surface area contributed by atoms with Gasteiger partial charge in [-0.2, -0.15) is 0 Å². The number of ether oxygens (including phenoxy) is 2. The number of piperidine rings is 1. The van der Waals surface area contributed by atoms with Crippen LogP contribution in [0, 0.1) is 27.3 Å². The average Bonchev–Trinajstić information content (AvgIpc) is 3.96. The molecule has 414 valence electrons. The fourth-order valence-electron chi connectivity index (χ4n) is 12.3. The van der Waals surface area contributed by atoms with Crippen LogP contribution in [-0.2, 0) is 16.6 Å². The summed E-state index contributed by atoms with van der Waals surface area (Å²) in [5.74, 6) is -0.826. The Morgan fingerprint density at radius 2 is 1.71 bits per heavy atom. The molecule has 2 aliphatic heterocycles. The maximum atomic E-state index is 14.7. The van der Waals surface area contributed by atoms with Crippen LogP contribution in [-0.4, -0.2) is 102 Å². The summed E-state index contributed by atoms with van der Waals surface area (Å²) < 4.78 is 83.6. The molecule has 0 unspecified atom stereocenters. The van der Waals surface area contributed by atoms with E-state index in [0.717, 1.165) is 75.5 Å². The quantitative estimate of drug-likeness (QED) is 0.0498. The number of nitro groups is 1. The summed E-state index contributed by atoms with van der Waals surface area (Å²) in [6.07, 6.45) is 6.50. The van der Waals surface area contributed by atoms with E-state index in [2.05, 4.69) is 72.8 Å². The summed E-state index contributed by atoms with van der Waals surface area (Å²) in [4.78, 5) is 39.5. The number of amides is 1. The number of rotatable bonds is 17. The lowest BCUT2D eigenvalue weighted by molar-refractivity contribution is -0.384. The fraction of sp³-hybridized carbons (Fsp3) is 0.448. The normalized spacial score (nSPS) is 21.2. The molecule has 0 bridgehead atoms. The number of carbonyl (C=O) groups excluding carboxylic acids is 1. The number of nitrogens with one attached hydrogen (secondary N) is 3. The maximum Gasteiger partial charge on any atom is 0.293 e. The monoisotopic (exact) mass is 1090 g/mol. The number of halogens is 3. The van der Waals surface area contributed by atoms with E-state index >= 15 is 0 Å². The van der Waals surface area contributed by atoms with Gasteiger partial charge in [-0.05, 0) is 135 Å². The predicted octanol–water partition coefficient (Wildman–Crippen LogP) is 11.3. The highest BCUT2D eigenvalue weighted by molar-refractivity contribution is 7.90. The highest BCUT2D eigenvalue weighted by Crippen LogP contribution is 2.53. The largest absolute Gasteiger partial charge is 0.496 e. The van der Waals surface area contributed by atoms with Gasteiger partial charge in [-0.3, -0.25) is 24.7 Å². The van der Waals surface area contributed by atoms with Crippen molar-refractivity contribution in [3.8, 4) is 17.2 Å².